The van der Waals surface area contributed by atoms with Gasteiger partial charge in [0.25, 0.3) is 0 Å². The molecule has 2 N–H and O–H groups in total. The summed E-state index contributed by atoms with van der Waals surface area (Å²) in [6.45, 7) is 1.09. The van der Waals surface area contributed by atoms with Crippen LogP contribution in [-0.2, 0) is 0 Å². The third-order valence-electron chi connectivity index (χ3n) is 2.94. The molecule has 0 amide bonds. The van der Waals surface area contributed by atoms with Gasteiger partial charge in [0.05, 0.1) is 5.56 Å². The first kappa shape index (κ1) is 12.3. The fourth-order valence-corrected chi connectivity index (χ4v) is 2.02. The van der Waals surface area contributed by atoms with Gasteiger partial charge in [0, 0.05) is 17.4 Å². The van der Waals surface area contributed by atoms with E-state index in [-0.39, 0.29) is 5.56 Å². The highest BCUT2D eigenvalue weighted by Gasteiger charge is 2.12. The second kappa shape index (κ2) is 5.13. The highest BCUT2D eigenvalue weighted by Crippen LogP contribution is 2.33. The minimum Gasteiger partial charge on any atom is -0.486 e. The Morgan fingerprint density at radius 2 is 1.75 bits per heavy atom. The molecule has 0 spiro atoms. The zero-order valence-corrected chi connectivity index (χ0v) is 10.6. The minimum atomic E-state index is -0.948. The normalized spacial score (nSPS) is 12.8. The predicted octanol–water partition coefficient (Wildman–Crippen LogP) is 2.90. The fraction of sp³-hybridized carbons (Fsp3) is 0.133. The minimum absolute atomic E-state index is 0.243. The summed E-state index contributed by atoms with van der Waals surface area (Å²) in [6.07, 6.45) is 0. The summed E-state index contributed by atoms with van der Waals surface area (Å²) in [5.41, 5.74) is 1.77. The van der Waals surface area contributed by atoms with E-state index in [1.807, 2.05) is 24.3 Å². The lowest BCUT2D eigenvalue weighted by Crippen LogP contribution is -2.15. The molecular formula is C15H13NO4. The van der Waals surface area contributed by atoms with E-state index in [0.29, 0.717) is 24.7 Å². The van der Waals surface area contributed by atoms with E-state index < -0.39 is 5.97 Å². The first-order valence-electron chi connectivity index (χ1n) is 6.22. The quantitative estimate of drug-likeness (QED) is 0.898. The summed E-state index contributed by atoms with van der Waals surface area (Å²) in [5, 5.41) is 12.1. The zero-order valence-electron chi connectivity index (χ0n) is 10.6. The summed E-state index contributed by atoms with van der Waals surface area (Å²) < 4.78 is 11.0. The maximum Gasteiger partial charge on any atom is 0.335 e. The number of carboxylic acids is 1. The Labute approximate surface area is 115 Å². The molecule has 2 aromatic carbocycles. The number of carboxylic acid groups (broad SMARTS) is 1. The van der Waals surface area contributed by atoms with Gasteiger partial charge >= 0.3 is 5.97 Å². The van der Waals surface area contributed by atoms with Crippen LogP contribution in [0, 0.1) is 0 Å². The summed E-state index contributed by atoms with van der Waals surface area (Å²) in [7, 11) is 0. The average molecular weight is 271 g/mol. The first-order chi connectivity index (χ1) is 9.72. The molecule has 1 heterocycles. The van der Waals surface area contributed by atoms with Crippen molar-refractivity contribution in [1.82, 2.24) is 0 Å². The van der Waals surface area contributed by atoms with Crippen molar-refractivity contribution < 1.29 is 19.4 Å². The van der Waals surface area contributed by atoms with Crippen molar-refractivity contribution in [3.8, 4) is 11.5 Å². The highest BCUT2D eigenvalue weighted by molar-refractivity contribution is 5.89. The number of hydrogen-bond acceptors (Lipinski definition) is 4. The number of fused-ring (bicyclic) bond motifs is 1. The van der Waals surface area contributed by atoms with Crippen LogP contribution in [-0.4, -0.2) is 24.3 Å². The standard InChI is InChI=1S/C15H13NO4/c17-15(18)10-2-1-3-11(8-10)16-12-4-5-13-14(9-12)20-7-6-19-13/h1-5,8-9,16H,6-7H2,(H,17,18). The van der Waals surface area contributed by atoms with Crippen molar-refractivity contribution in [2.24, 2.45) is 0 Å². The maximum absolute atomic E-state index is 10.9. The van der Waals surface area contributed by atoms with Gasteiger partial charge < -0.3 is 19.9 Å². The molecule has 2 aromatic rings. The topological polar surface area (TPSA) is 67.8 Å². The van der Waals surface area contributed by atoms with Crippen LogP contribution in [0.2, 0.25) is 0 Å². The van der Waals surface area contributed by atoms with Gasteiger partial charge in [0.1, 0.15) is 13.2 Å². The third-order valence-corrected chi connectivity index (χ3v) is 2.94. The van der Waals surface area contributed by atoms with Gasteiger partial charge in [-0.2, -0.15) is 0 Å². The maximum atomic E-state index is 10.9. The van der Waals surface area contributed by atoms with Gasteiger partial charge in [-0.1, -0.05) is 6.07 Å². The molecule has 20 heavy (non-hydrogen) atoms. The molecule has 0 saturated heterocycles. The molecule has 0 fully saturated rings. The second-order valence-electron chi connectivity index (χ2n) is 4.37. The van der Waals surface area contributed by atoms with Crippen LogP contribution in [0.1, 0.15) is 10.4 Å². The van der Waals surface area contributed by atoms with Crippen LogP contribution in [0.3, 0.4) is 0 Å². The number of hydrogen-bond donors (Lipinski definition) is 2. The van der Waals surface area contributed by atoms with Crippen molar-refractivity contribution >= 4 is 17.3 Å². The number of ether oxygens (including phenoxy) is 2. The first-order valence-corrected chi connectivity index (χ1v) is 6.22. The van der Waals surface area contributed by atoms with Crippen molar-refractivity contribution in [1.29, 1.82) is 0 Å². The molecule has 1 aliphatic rings. The molecule has 0 unspecified atom stereocenters. The Balaban J connectivity index is 1.84. The Morgan fingerprint density at radius 3 is 2.55 bits per heavy atom. The summed E-state index contributed by atoms with van der Waals surface area (Å²) in [5.74, 6) is 0.465. The van der Waals surface area contributed by atoms with Crippen molar-refractivity contribution in [2.75, 3.05) is 18.5 Å². The van der Waals surface area contributed by atoms with E-state index in [9.17, 15) is 4.79 Å². The van der Waals surface area contributed by atoms with Gasteiger partial charge in [-0.15, -0.1) is 0 Å². The highest BCUT2D eigenvalue weighted by atomic mass is 16.6. The van der Waals surface area contributed by atoms with E-state index in [4.69, 9.17) is 14.6 Å². The van der Waals surface area contributed by atoms with Crippen LogP contribution in [0.5, 0.6) is 11.5 Å². The third kappa shape index (κ3) is 2.51. The van der Waals surface area contributed by atoms with Gasteiger partial charge in [-0.3, -0.25) is 0 Å². The summed E-state index contributed by atoms with van der Waals surface area (Å²) in [4.78, 5) is 10.9. The molecule has 5 nitrogen and oxygen atoms in total. The Bertz CT molecular complexity index is 654. The van der Waals surface area contributed by atoms with Crippen LogP contribution < -0.4 is 14.8 Å². The van der Waals surface area contributed by atoms with Gasteiger partial charge in [0.15, 0.2) is 11.5 Å². The number of aromatic carboxylic acids is 1. The molecule has 1 aliphatic heterocycles. The average Bonchev–Trinajstić information content (AvgIpc) is 2.47. The summed E-state index contributed by atoms with van der Waals surface area (Å²) >= 11 is 0. The largest absolute Gasteiger partial charge is 0.486 e. The van der Waals surface area contributed by atoms with Gasteiger partial charge in [0.2, 0.25) is 0 Å². The Hall–Kier alpha value is -2.69. The van der Waals surface area contributed by atoms with E-state index >= 15 is 0 Å². The van der Waals surface area contributed by atoms with E-state index in [2.05, 4.69) is 5.32 Å². The van der Waals surface area contributed by atoms with Crippen LogP contribution in [0.4, 0.5) is 11.4 Å². The molecule has 0 atom stereocenters. The Kier molecular flexibility index (Phi) is 3.16. The number of nitrogens with one attached hydrogen (secondary N) is 1. The van der Waals surface area contributed by atoms with E-state index in [0.717, 1.165) is 11.4 Å². The number of rotatable bonds is 3. The molecule has 0 aliphatic carbocycles. The van der Waals surface area contributed by atoms with Crippen LogP contribution in [0.15, 0.2) is 42.5 Å². The molecule has 0 aromatic heterocycles. The van der Waals surface area contributed by atoms with Crippen molar-refractivity contribution in [3.05, 3.63) is 48.0 Å². The molecule has 0 bridgehead atoms. The smallest absolute Gasteiger partial charge is 0.335 e. The molecule has 3 rings (SSSR count). The number of carbonyl (C=O) groups is 1. The zero-order chi connectivity index (χ0) is 13.9. The summed E-state index contributed by atoms with van der Waals surface area (Å²) in [6, 6.07) is 12.2. The lowest BCUT2D eigenvalue weighted by Gasteiger charge is -2.19. The van der Waals surface area contributed by atoms with Gasteiger partial charge in [-0.25, -0.2) is 4.79 Å². The predicted molar refractivity (Wildman–Crippen MR) is 74.1 cm³/mol. The SMILES string of the molecule is O=C(O)c1cccc(Nc2ccc3c(c2)OCCO3)c1. The molecule has 5 heteroatoms. The molecule has 0 saturated carbocycles. The molecular weight excluding hydrogens is 258 g/mol. The Morgan fingerprint density at radius 1 is 1.00 bits per heavy atom. The van der Waals surface area contributed by atoms with Crippen LogP contribution >= 0.6 is 0 Å². The van der Waals surface area contributed by atoms with Crippen molar-refractivity contribution in [3.63, 3.8) is 0 Å². The van der Waals surface area contributed by atoms with E-state index in [1.165, 1.54) is 0 Å². The number of benzene rings is 2. The molecule has 0 radical (unpaired) electrons. The lowest BCUT2D eigenvalue weighted by molar-refractivity contribution is 0.0697. The second-order valence-corrected chi connectivity index (χ2v) is 4.37. The molecule has 102 valence electrons. The van der Waals surface area contributed by atoms with Gasteiger partial charge in [-0.05, 0) is 30.3 Å². The monoisotopic (exact) mass is 271 g/mol. The van der Waals surface area contributed by atoms with Crippen molar-refractivity contribution in [2.45, 2.75) is 0 Å². The number of anilines is 2. The lowest BCUT2D eigenvalue weighted by atomic mass is 10.2. The fourth-order valence-electron chi connectivity index (χ4n) is 2.02. The van der Waals surface area contributed by atoms with Crippen LogP contribution in [0.25, 0.3) is 0 Å². The van der Waals surface area contributed by atoms with E-state index in [1.54, 1.807) is 18.2 Å².